The van der Waals surface area contributed by atoms with Gasteiger partial charge in [-0.25, -0.2) is 0 Å². The van der Waals surface area contributed by atoms with E-state index in [1.807, 2.05) is 6.92 Å². The van der Waals surface area contributed by atoms with Gasteiger partial charge in [-0.1, -0.05) is 23.1 Å². The van der Waals surface area contributed by atoms with E-state index >= 15 is 0 Å². The number of carbonyl (C=O) groups is 1. The van der Waals surface area contributed by atoms with Crippen LogP contribution in [0.15, 0.2) is 4.34 Å². The first-order chi connectivity index (χ1) is 5.18. The zero-order valence-corrected chi connectivity index (χ0v) is 7.54. The third-order valence-electron chi connectivity index (χ3n) is 0.845. The highest BCUT2D eigenvalue weighted by atomic mass is 32.2. The van der Waals surface area contributed by atoms with E-state index in [2.05, 4.69) is 10.2 Å². The minimum atomic E-state index is -0.331. The number of nitrogens with zero attached hydrogens (tertiary/aromatic N) is 2. The van der Waals surface area contributed by atoms with E-state index in [9.17, 15) is 4.79 Å². The minimum absolute atomic E-state index is 0.272. The Kier molecular flexibility index (Phi) is 2.84. The lowest BCUT2D eigenvalue weighted by atomic mass is 10.8. The SMILES string of the molecule is Cc1nnc(SCC(N)=O)s1. The second-order valence-corrected chi connectivity index (χ2v) is 4.25. The molecule has 1 rings (SSSR count). The van der Waals surface area contributed by atoms with Crippen molar-refractivity contribution < 1.29 is 4.79 Å². The van der Waals surface area contributed by atoms with Gasteiger partial charge in [0.15, 0.2) is 4.34 Å². The minimum Gasteiger partial charge on any atom is -0.369 e. The first-order valence-corrected chi connectivity index (χ1v) is 4.70. The van der Waals surface area contributed by atoms with Crippen molar-refractivity contribution >= 4 is 29.0 Å². The van der Waals surface area contributed by atoms with Crippen LogP contribution in [0.3, 0.4) is 0 Å². The van der Waals surface area contributed by atoms with Crippen molar-refractivity contribution in [3.8, 4) is 0 Å². The Morgan fingerprint density at radius 3 is 2.91 bits per heavy atom. The van der Waals surface area contributed by atoms with E-state index < -0.39 is 0 Å². The summed E-state index contributed by atoms with van der Waals surface area (Å²) >= 11 is 2.78. The molecule has 0 saturated heterocycles. The molecule has 1 heterocycles. The summed E-state index contributed by atoms with van der Waals surface area (Å²) in [4.78, 5) is 10.3. The molecule has 0 aromatic carbocycles. The second kappa shape index (κ2) is 3.68. The molecule has 0 spiro atoms. The average Bonchev–Trinajstić information content (AvgIpc) is 2.31. The second-order valence-electron chi connectivity index (χ2n) is 1.84. The van der Waals surface area contributed by atoms with Crippen LogP contribution in [0.2, 0.25) is 0 Å². The van der Waals surface area contributed by atoms with Crippen molar-refractivity contribution in [2.45, 2.75) is 11.3 Å². The molecule has 1 amide bonds. The van der Waals surface area contributed by atoms with Gasteiger partial charge < -0.3 is 5.73 Å². The molecular weight excluding hydrogens is 182 g/mol. The monoisotopic (exact) mass is 189 g/mol. The van der Waals surface area contributed by atoms with Gasteiger partial charge in [0.05, 0.1) is 5.75 Å². The van der Waals surface area contributed by atoms with Crippen LogP contribution >= 0.6 is 23.1 Å². The van der Waals surface area contributed by atoms with Gasteiger partial charge in [-0.3, -0.25) is 4.79 Å². The van der Waals surface area contributed by atoms with Gasteiger partial charge in [-0.2, -0.15) is 0 Å². The third-order valence-corrected chi connectivity index (χ3v) is 2.84. The molecule has 0 aliphatic heterocycles. The Labute approximate surface area is 72.2 Å². The Morgan fingerprint density at radius 1 is 1.73 bits per heavy atom. The zero-order chi connectivity index (χ0) is 8.27. The molecule has 1 aromatic rings. The molecule has 11 heavy (non-hydrogen) atoms. The summed E-state index contributed by atoms with van der Waals surface area (Å²) in [5, 5.41) is 8.50. The molecule has 4 nitrogen and oxygen atoms in total. The highest BCUT2D eigenvalue weighted by Gasteiger charge is 2.02. The van der Waals surface area contributed by atoms with Gasteiger partial charge >= 0.3 is 0 Å². The van der Waals surface area contributed by atoms with Gasteiger partial charge in [0, 0.05) is 0 Å². The molecular formula is C5H7N3OS2. The van der Waals surface area contributed by atoms with E-state index in [4.69, 9.17) is 5.73 Å². The van der Waals surface area contributed by atoms with Crippen molar-refractivity contribution in [2.75, 3.05) is 5.75 Å². The predicted octanol–water partition coefficient (Wildman–Crippen LogP) is 0.424. The fourth-order valence-corrected chi connectivity index (χ4v) is 2.02. The fraction of sp³-hybridized carbons (Fsp3) is 0.400. The van der Waals surface area contributed by atoms with Gasteiger partial charge in [-0.15, -0.1) is 10.2 Å². The maximum Gasteiger partial charge on any atom is 0.227 e. The van der Waals surface area contributed by atoms with Crippen LogP contribution in [-0.2, 0) is 4.79 Å². The maximum atomic E-state index is 10.3. The largest absolute Gasteiger partial charge is 0.369 e. The van der Waals surface area contributed by atoms with Crippen molar-refractivity contribution in [1.82, 2.24) is 10.2 Å². The summed E-state index contributed by atoms with van der Waals surface area (Å²) in [7, 11) is 0. The van der Waals surface area contributed by atoms with Crippen LogP contribution < -0.4 is 5.73 Å². The Bertz CT molecular complexity index is 260. The van der Waals surface area contributed by atoms with Crippen molar-refractivity contribution in [1.29, 1.82) is 0 Å². The van der Waals surface area contributed by atoms with Gasteiger partial charge in [0.25, 0.3) is 0 Å². The molecule has 0 aliphatic rings. The highest BCUT2D eigenvalue weighted by Crippen LogP contribution is 2.20. The summed E-state index contributed by atoms with van der Waals surface area (Å²) in [6, 6.07) is 0. The number of hydrogen-bond donors (Lipinski definition) is 1. The fourth-order valence-electron chi connectivity index (χ4n) is 0.470. The standard InChI is InChI=1S/C5H7N3OS2/c1-3-7-8-5(11-3)10-2-4(6)9/h2H2,1H3,(H2,6,9). The topological polar surface area (TPSA) is 68.9 Å². The number of carbonyl (C=O) groups excluding carboxylic acids is 1. The highest BCUT2D eigenvalue weighted by molar-refractivity contribution is 8.01. The zero-order valence-electron chi connectivity index (χ0n) is 5.90. The van der Waals surface area contributed by atoms with E-state index in [1.54, 1.807) is 0 Å². The normalized spacial score (nSPS) is 9.91. The van der Waals surface area contributed by atoms with Crippen molar-refractivity contribution in [3.63, 3.8) is 0 Å². The van der Waals surface area contributed by atoms with Gasteiger partial charge in [-0.05, 0) is 6.92 Å². The molecule has 0 unspecified atom stereocenters. The first kappa shape index (κ1) is 8.48. The molecule has 0 aliphatic carbocycles. The summed E-state index contributed by atoms with van der Waals surface area (Å²) in [5.74, 6) is -0.0582. The third kappa shape index (κ3) is 2.85. The van der Waals surface area contributed by atoms with Crippen LogP contribution in [-0.4, -0.2) is 21.9 Å². The average molecular weight is 189 g/mol. The Balaban J connectivity index is 2.45. The number of rotatable bonds is 3. The molecule has 0 radical (unpaired) electrons. The van der Waals surface area contributed by atoms with Crippen LogP contribution in [0, 0.1) is 6.92 Å². The lowest BCUT2D eigenvalue weighted by Gasteiger charge is -1.88. The van der Waals surface area contributed by atoms with E-state index in [1.165, 1.54) is 23.1 Å². The number of thioether (sulfide) groups is 1. The predicted molar refractivity (Wildman–Crippen MR) is 44.6 cm³/mol. The van der Waals surface area contributed by atoms with Crippen LogP contribution in [0.1, 0.15) is 5.01 Å². The molecule has 2 N–H and O–H groups in total. The number of amides is 1. The molecule has 0 bridgehead atoms. The Hall–Kier alpha value is -0.620. The summed E-state index contributed by atoms with van der Waals surface area (Å²) in [6.07, 6.45) is 0. The van der Waals surface area contributed by atoms with Crippen LogP contribution in [0.25, 0.3) is 0 Å². The molecule has 0 saturated carbocycles. The van der Waals surface area contributed by atoms with Gasteiger partial charge in [0.1, 0.15) is 5.01 Å². The number of primary amides is 1. The lowest BCUT2D eigenvalue weighted by molar-refractivity contribution is -0.115. The van der Waals surface area contributed by atoms with Crippen molar-refractivity contribution in [2.24, 2.45) is 5.73 Å². The molecule has 0 fully saturated rings. The number of hydrogen-bond acceptors (Lipinski definition) is 5. The van der Waals surface area contributed by atoms with E-state index in [-0.39, 0.29) is 11.7 Å². The van der Waals surface area contributed by atoms with E-state index in [0.717, 1.165) is 9.35 Å². The number of aryl methyl sites for hydroxylation is 1. The quantitative estimate of drug-likeness (QED) is 0.700. The molecule has 60 valence electrons. The first-order valence-electron chi connectivity index (χ1n) is 2.89. The maximum absolute atomic E-state index is 10.3. The summed E-state index contributed by atoms with van der Waals surface area (Å²) in [5.41, 5.74) is 4.94. The summed E-state index contributed by atoms with van der Waals surface area (Å²) in [6.45, 7) is 1.87. The number of nitrogens with two attached hydrogens (primary N) is 1. The Morgan fingerprint density at radius 2 is 2.45 bits per heavy atom. The molecule has 0 atom stereocenters. The smallest absolute Gasteiger partial charge is 0.227 e. The van der Waals surface area contributed by atoms with E-state index in [0.29, 0.717) is 0 Å². The summed E-state index contributed by atoms with van der Waals surface area (Å²) < 4.78 is 0.793. The van der Waals surface area contributed by atoms with Crippen LogP contribution in [0.5, 0.6) is 0 Å². The molecule has 1 aromatic heterocycles. The molecule has 6 heteroatoms. The number of aromatic nitrogens is 2. The lowest BCUT2D eigenvalue weighted by Crippen LogP contribution is -2.12. The van der Waals surface area contributed by atoms with Crippen molar-refractivity contribution in [3.05, 3.63) is 5.01 Å². The van der Waals surface area contributed by atoms with Crippen LogP contribution in [0.4, 0.5) is 0 Å². The van der Waals surface area contributed by atoms with Gasteiger partial charge in [0.2, 0.25) is 5.91 Å².